The highest BCUT2D eigenvalue weighted by atomic mass is 15.2. The maximum absolute atomic E-state index is 8.89. The maximum Gasteiger partial charge on any atom is 0.180 e. The molecule has 0 aromatic carbocycles. The van der Waals surface area contributed by atoms with Gasteiger partial charge in [0, 0.05) is 18.9 Å². The molecule has 20 heavy (non-hydrogen) atoms. The molecule has 1 N–H and O–H groups in total. The van der Waals surface area contributed by atoms with E-state index in [1.54, 1.807) is 11.1 Å². The van der Waals surface area contributed by atoms with Crippen LogP contribution >= 0.6 is 0 Å². The Morgan fingerprint density at radius 1 is 1.35 bits per heavy atom. The second-order valence-corrected chi connectivity index (χ2v) is 4.21. The lowest BCUT2D eigenvalue weighted by atomic mass is 10.4. The van der Waals surface area contributed by atoms with Gasteiger partial charge in [-0.15, -0.1) is 0 Å². The average Bonchev–Trinajstić information content (AvgIpc) is 2.92. The van der Waals surface area contributed by atoms with Crippen molar-refractivity contribution in [3.63, 3.8) is 0 Å². The van der Waals surface area contributed by atoms with Gasteiger partial charge in [-0.2, -0.15) is 10.5 Å². The molecule has 0 radical (unpaired) electrons. The van der Waals surface area contributed by atoms with Gasteiger partial charge in [0.1, 0.15) is 18.9 Å². The van der Waals surface area contributed by atoms with Crippen LogP contribution in [0.25, 0.3) is 5.65 Å². The van der Waals surface area contributed by atoms with E-state index in [-0.39, 0.29) is 13.1 Å². The number of anilines is 2. The molecule has 0 aliphatic rings. The Hall–Kier alpha value is -2.80. The Morgan fingerprint density at radius 3 is 2.75 bits per heavy atom. The van der Waals surface area contributed by atoms with Crippen molar-refractivity contribution in [2.24, 2.45) is 0 Å². The minimum Gasteiger partial charge on any atom is -0.369 e. The zero-order chi connectivity index (χ0) is 14.4. The molecule has 0 atom stereocenters. The van der Waals surface area contributed by atoms with Gasteiger partial charge in [0.15, 0.2) is 11.5 Å². The van der Waals surface area contributed by atoms with E-state index >= 15 is 0 Å². The van der Waals surface area contributed by atoms with Crippen LogP contribution in [0.3, 0.4) is 0 Å². The molecule has 0 aliphatic heterocycles. The minimum atomic E-state index is 0.0975. The topological polar surface area (TPSA) is 93.0 Å². The fourth-order valence-corrected chi connectivity index (χ4v) is 1.84. The van der Waals surface area contributed by atoms with Gasteiger partial charge in [0.2, 0.25) is 0 Å². The number of hydrogen-bond acceptors (Lipinski definition) is 6. The van der Waals surface area contributed by atoms with Crippen molar-refractivity contribution in [1.82, 2.24) is 14.4 Å². The smallest absolute Gasteiger partial charge is 0.180 e. The molecule has 2 aromatic heterocycles. The molecule has 2 rings (SSSR count). The third-order valence-electron chi connectivity index (χ3n) is 2.74. The number of imidazole rings is 1. The molecule has 0 saturated heterocycles. The third-order valence-corrected chi connectivity index (χ3v) is 2.74. The van der Waals surface area contributed by atoms with E-state index in [9.17, 15) is 0 Å². The SMILES string of the molecule is CCCNc1cn2ccnc2c(N(CC#N)CC#N)n1. The van der Waals surface area contributed by atoms with Crippen LogP contribution < -0.4 is 10.2 Å². The van der Waals surface area contributed by atoms with Gasteiger partial charge in [0.25, 0.3) is 0 Å². The number of aromatic nitrogens is 3. The van der Waals surface area contributed by atoms with Crippen LogP contribution in [0.15, 0.2) is 18.6 Å². The van der Waals surface area contributed by atoms with E-state index < -0.39 is 0 Å². The number of rotatable bonds is 6. The number of nitrogens with zero attached hydrogens (tertiary/aromatic N) is 6. The summed E-state index contributed by atoms with van der Waals surface area (Å²) in [5.41, 5.74) is 0.637. The zero-order valence-corrected chi connectivity index (χ0v) is 11.2. The van der Waals surface area contributed by atoms with E-state index in [1.165, 1.54) is 0 Å². The fourth-order valence-electron chi connectivity index (χ4n) is 1.84. The van der Waals surface area contributed by atoms with Gasteiger partial charge in [-0.05, 0) is 6.42 Å². The van der Waals surface area contributed by atoms with Gasteiger partial charge < -0.3 is 14.6 Å². The van der Waals surface area contributed by atoms with Gasteiger partial charge in [-0.1, -0.05) is 6.92 Å². The van der Waals surface area contributed by atoms with E-state index in [1.807, 2.05) is 28.9 Å². The standard InChI is InChI=1S/C13H15N7/c1-2-5-16-11-10-20-9-6-17-12(20)13(18-11)19(7-3-14)8-4-15/h6,9-10,16H,2,5,7-8H2,1H3. The summed E-state index contributed by atoms with van der Waals surface area (Å²) >= 11 is 0. The first-order valence-corrected chi connectivity index (χ1v) is 6.36. The summed E-state index contributed by atoms with van der Waals surface area (Å²) < 4.78 is 1.84. The maximum atomic E-state index is 8.89. The lowest BCUT2D eigenvalue weighted by molar-refractivity contribution is 0.915. The first kappa shape index (κ1) is 13.6. The molecule has 2 heterocycles. The van der Waals surface area contributed by atoms with Crippen molar-refractivity contribution in [1.29, 1.82) is 10.5 Å². The Labute approximate surface area is 117 Å². The first-order chi connectivity index (χ1) is 9.80. The molecule has 0 saturated carbocycles. The van der Waals surface area contributed by atoms with Gasteiger partial charge in [-0.25, -0.2) is 9.97 Å². The summed E-state index contributed by atoms with van der Waals surface area (Å²) in [4.78, 5) is 10.3. The molecule has 0 bridgehead atoms. The fraction of sp³-hybridized carbons (Fsp3) is 0.385. The number of hydrogen-bond donors (Lipinski definition) is 1. The molecule has 7 nitrogen and oxygen atoms in total. The highest BCUT2D eigenvalue weighted by molar-refractivity contribution is 5.67. The van der Waals surface area contributed by atoms with Crippen LogP contribution in [0.4, 0.5) is 11.6 Å². The summed E-state index contributed by atoms with van der Waals surface area (Å²) in [5.74, 6) is 1.24. The van der Waals surface area contributed by atoms with Crippen LogP contribution in [-0.4, -0.2) is 34.0 Å². The summed E-state index contributed by atoms with van der Waals surface area (Å²) in [6, 6.07) is 4.10. The average molecular weight is 269 g/mol. The first-order valence-electron chi connectivity index (χ1n) is 6.36. The second-order valence-electron chi connectivity index (χ2n) is 4.21. The molecular weight excluding hydrogens is 254 g/mol. The molecular formula is C13H15N7. The molecule has 0 aliphatic carbocycles. The molecule has 0 unspecified atom stereocenters. The van der Waals surface area contributed by atoms with Crippen molar-refractivity contribution in [2.75, 3.05) is 29.9 Å². The molecule has 102 valence electrons. The van der Waals surface area contributed by atoms with Crippen molar-refractivity contribution in [3.05, 3.63) is 18.6 Å². The monoisotopic (exact) mass is 269 g/mol. The Morgan fingerprint density at radius 2 is 2.10 bits per heavy atom. The minimum absolute atomic E-state index is 0.0975. The second kappa shape index (κ2) is 6.39. The number of fused-ring (bicyclic) bond motifs is 1. The van der Waals surface area contributed by atoms with E-state index in [4.69, 9.17) is 10.5 Å². The van der Waals surface area contributed by atoms with Crippen LogP contribution in [0.5, 0.6) is 0 Å². The quantitative estimate of drug-likeness (QED) is 0.797. The predicted octanol–water partition coefficient (Wildman–Crippen LogP) is 1.40. The summed E-state index contributed by atoms with van der Waals surface area (Å²) in [6.07, 6.45) is 6.31. The predicted molar refractivity (Wildman–Crippen MR) is 75.2 cm³/mol. The largest absolute Gasteiger partial charge is 0.369 e. The highest BCUT2D eigenvalue weighted by Gasteiger charge is 2.14. The van der Waals surface area contributed by atoms with E-state index in [0.717, 1.165) is 13.0 Å². The van der Waals surface area contributed by atoms with E-state index in [2.05, 4.69) is 22.2 Å². The lowest BCUT2D eigenvalue weighted by Crippen LogP contribution is -2.26. The number of nitrogens with one attached hydrogen (secondary N) is 1. The summed E-state index contributed by atoms with van der Waals surface area (Å²) in [7, 11) is 0. The Bertz CT molecular complexity index is 645. The molecule has 0 fully saturated rings. The molecule has 7 heteroatoms. The third kappa shape index (κ3) is 2.78. The molecule has 0 amide bonds. The highest BCUT2D eigenvalue weighted by Crippen LogP contribution is 2.20. The van der Waals surface area contributed by atoms with E-state index in [0.29, 0.717) is 17.3 Å². The summed E-state index contributed by atoms with van der Waals surface area (Å²) in [6.45, 7) is 3.07. The van der Waals surface area contributed by atoms with Crippen molar-refractivity contribution in [3.8, 4) is 12.1 Å². The van der Waals surface area contributed by atoms with Gasteiger partial charge >= 0.3 is 0 Å². The summed E-state index contributed by atoms with van der Waals surface area (Å²) in [5, 5.41) is 21.0. The molecule has 0 spiro atoms. The van der Waals surface area contributed by atoms with Crippen LogP contribution in [0.2, 0.25) is 0 Å². The van der Waals surface area contributed by atoms with Gasteiger partial charge in [0.05, 0.1) is 18.3 Å². The Balaban J connectivity index is 2.45. The number of nitriles is 2. The normalized spacial score (nSPS) is 9.95. The van der Waals surface area contributed by atoms with Crippen LogP contribution in [0, 0.1) is 22.7 Å². The lowest BCUT2D eigenvalue weighted by Gasteiger charge is -2.18. The van der Waals surface area contributed by atoms with Crippen LogP contribution in [0.1, 0.15) is 13.3 Å². The van der Waals surface area contributed by atoms with Crippen molar-refractivity contribution < 1.29 is 0 Å². The van der Waals surface area contributed by atoms with Crippen LogP contribution in [-0.2, 0) is 0 Å². The van der Waals surface area contributed by atoms with Crippen molar-refractivity contribution in [2.45, 2.75) is 13.3 Å². The zero-order valence-electron chi connectivity index (χ0n) is 11.2. The molecule has 2 aromatic rings. The van der Waals surface area contributed by atoms with Gasteiger partial charge in [-0.3, -0.25) is 0 Å². The van der Waals surface area contributed by atoms with Crippen molar-refractivity contribution >= 4 is 17.3 Å². The Kier molecular flexibility index (Phi) is 4.35.